The molecule has 2 aliphatic heterocycles. The van der Waals surface area contributed by atoms with Crippen LogP contribution in [0.25, 0.3) is 0 Å². The fourth-order valence-corrected chi connectivity index (χ4v) is 16.3. The lowest BCUT2D eigenvalue weighted by molar-refractivity contribution is 0.942. The summed E-state index contributed by atoms with van der Waals surface area (Å²) in [7, 11) is -2.26. The zero-order chi connectivity index (χ0) is 10.4. The maximum absolute atomic E-state index is 5.92. The van der Waals surface area contributed by atoms with Gasteiger partial charge < -0.3 is 0 Å². The Morgan fingerprint density at radius 2 is 1.29 bits per heavy atom. The standard InChI is InChI=1S/C2H6Cl4N5P3/c3-12(4)9-13(5,6)11-14(10-12)7-1-2-8-14/h7-8H,1-2H2. The molecule has 1 spiro atoms. The maximum Gasteiger partial charge on any atom is 0.257 e. The Kier molecular flexibility index (Phi) is 3.41. The highest BCUT2D eigenvalue weighted by Gasteiger charge is 2.35. The van der Waals surface area contributed by atoms with Crippen molar-refractivity contribution in [2.24, 2.45) is 13.5 Å². The van der Waals surface area contributed by atoms with Gasteiger partial charge in [-0.2, -0.15) is 13.5 Å². The third kappa shape index (κ3) is 2.71. The molecule has 0 unspecified atom stereocenters. The highest BCUT2D eigenvalue weighted by molar-refractivity contribution is 8.20. The SMILES string of the molecule is ClP1(Cl)=NP(Cl)(Cl)=NP2(=N1)NCCN2. The van der Waals surface area contributed by atoms with Gasteiger partial charge in [0.25, 0.3) is 11.8 Å². The van der Waals surface area contributed by atoms with Crippen LogP contribution in [0.15, 0.2) is 13.5 Å². The molecule has 1 fully saturated rings. The van der Waals surface area contributed by atoms with Gasteiger partial charge in [-0.3, -0.25) is 10.2 Å². The Balaban J connectivity index is 2.62. The molecule has 14 heavy (non-hydrogen) atoms. The molecule has 0 bridgehead atoms. The van der Waals surface area contributed by atoms with E-state index in [2.05, 4.69) is 23.7 Å². The van der Waals surface area contributed by atoms with Crippen molar-refractivity contribution in [3.63, 3.8) is 0 Å². The average molecular weight is 335 g/mol. The summed E-state index contributed by atoms with van der Waals surface area (Å²) in [5.74, 6) is -5.52. The Labute approximate surface area is 101 Å². The molecule has 0 aromatic rings. The van der Waals surface area contributed by atoms with Crippen molar-refractivity contribution in [2.45, 2.75) is 0 Å². The van der Waals surface area contributed by atoms with Crippen molar-refractivity contribution in [3.05, 3.63) is 0 Å². The Morgan fingerprint density at radius 3 is 1.79 bits per heavy atom. The predicted octanol–water partition coefficient (Wildman–Crippen LogP) is 4.99. The number of hydrogen-bond donors (Lipinski definition) is 2. The fourth-order valence-electron chi connectivity index (χ4n) is 1.10. The third-order valence-electron chi connectivity index (χ3n) is 1.48. The van der Waals surface area contributed by atoms with E-state index in [-0.39, 0.29) is 0 Å². The van der Waals surface area contributed by atoms with Gasteiger partial charge in [0.2, 0.25) is 7.51 Å². The first-order chi connectivity index (χ1) is 6.33. The van der Waals surface area contributed by atoms with Gasteiger partial charge >= 0.3 is 0 Å². The number of halogens is 4. The van der Waals surface area contributed by atoms with Gasteiger partial charge in [-0.1, -0.05) is 0 Å². The first kappa shape index (κ1) is 12.2. The molecule has 0 aromatic heterocycles. The van der Waals surface area contributed by atoms with Gasteiger partial charge in [-0.15, -0.1) is 0 Å². The summed E-state index contributed by atoms with van der Waals surface area (Å²) in [6, 6.07) is 0. The van der Waals surface area contributed by atoms with Gasteiger partial charge in [-0.25, -0.2) is 0 Å². The minimum Gasteiger partial charge on any atom is -0.252 e. The van der Waals surface area contributed by atoms with Crippen LogP contribution in [0.2, 0.25) is 0 Å². The molecule has 0 amide bonds. The molecule has 0 radical (unpaired) electrons. The molecular formula is C2H6Cl4N5P3. The summed E-state index contributed by atoms with van der Waals surface area (Å²) in [5.41, 5.74) is 0. The van der Waals surface area contributed by atoms with E-state index in [1.54, 1.807) is 0 Å². The van der Waals surface area contributed by atoms with E-state index in [1.165, 1.54) is 0 Å². The Hall–Kier alpha value is 1.77. The molecule has 0 saturated carbocycles. The topological polar surface area (TPSA) is 61.1 Å². The van der Waals surface area contributed by atoms with E-state index in [4.69, 9.17) is 45.0 Å². The van der Waals surface area contributed by atoms with Crippen molar-refractivity contribution in [2.75, 3.05) is 13.1 Å². The molecule has 2 N–H and O–H groups in total. The van der Waals surface area contributed by atoms with Crippen LogP contribution in [-0.4, -0.2) is 13.1 Å². The van der Waals surface area contributed by atoms with Crippen LogP contribution >= 0.6 is 64.3 Å². The molecule has 0 aliphatic carbocycles. The van der Waals surface area contributed by atoms with Gasteiger partial charge in [-0.05, 0) is 45.0 Å². The zero-order valence-corrected chi connectivity index (χ0v) is 12.3. The third-order valence-corrected chi connectivity index (χ3v) is 13.2. The molecule has 5 nitrogen and oxygen atoms in total. The average Bonchev–Trinajstić information content (AvgIpc) is 2.27. The summed E-state index contributed by atoms with van der Waals surface area (Å²) >= 11 is 23.7. The van der Waals surface area contributed by atoms with Gasteiger partial charge in [0, 0.05) is 13.1 Å². The van der Waals surface area contributed by atoms with E-state index in [0.29, 0.717) is 0 Å². The molecule has 2 rings (SSSR count). The van der Waals surface area contributed by atoms with Crippen molar-refractivity contribution < 1.29 is 0 Å². The zero-order valence-electron chi connectivity index (χ0n) is 6.61. The smallest absolute Gasteiger partial charge is 0.252 e. The maximum atomic E-state index is 5.92. The van der Waals surface area contributed by atoms with Crippen molar-refractivity contribution in [1.29, 1.82) is 0 Å². The quantitative estimate of drug-likeness (QED) is 0.613. The Bertz CT molecular complexity index is 399. The molecule has 82 valence electrons. The Morgan fingerprint density at radius 1 is 0.786 bits per heavy atom. The summed E-state index contributed by atoms with van der Waals surface area (Å²) in [6.07, 6.45) is 0. The molecular weight excluding hydrogens is 329 g/mol. The normalized spacial score (nSPS) is 31.7. The highest BCUT2D eigenvalue weighted by Crippen LogP contribution is 2.83. The van der Waals surface area contributed by atoms with E-state index in [0.717, 1.165) is 13.1 Å². The van der Waals surface area contributed by atoms with Crippen molar-refractivity contribution >= 4 is 64.3 Å². The van der Waals surface area contributed by atoms with E-state index >= 15 is 0 Å². The largest absolute Gasteiger partial charge is 0.257 e. The van der Waals surface area contributed by atoms with Crippen LogP contribution in [0.3, 0.4) is 0 Å². The van der Waals surface area contributed by atoms with E-state index in [1.807, 2.05) is 0 Å². The van der Waals surface area contributed by atoms with Crippen LogP contribution in [0.1, 0.15) is 0 Å². The molecule has 1 saturated heterocycles. The van der Waals surface area contributed by atoms with Crippen molar-refractivity contribution in [1.82, 2.24) is 10.2 Å². The van der Waals surface area contributed by atoms with Gasteiger partial charge in [0.1, 0.15) is 0 Å². The van der Waals surface area contributed by atoms with Crippen LogP contribution in [0, 0.1) is 0 Å². The molecule has 12 heteroatoms. The van der Waals surface area contributed by atoms with Crippen LogP contribution in [0.4, 0.5) is 0 Å². The molecule has 2 aliphatic rings. The lowest BCUT2D eigenvalue weighted by atomic mass is 10.7. The second-order valence-corrected chi connectivity index (χ2v) is 15.1. The van der Waals surface area contributed by atoms with Crippen LogP contribution in [0.5, 0.6) is 0 Å². The lowest BCUT2D eigenvalue weighted by Crippen LogP contribution is -2.04. The molecule has 0 aromatic carbocycles. The van der Waals surface area contributed by atoms with Gasteiger partial charge in [0.05, 0.1) is 0 Å². The fraction of sp³-hybridized carbons (Fsp3) is 1.00. The summed E-state index contributed by atoms with van der Waals surface area (Å²) in [4.78, 5) is 0. The lowest BCUT2D eigenvalue weighted by Gasteiger charge is -2.22. The minimum atomic E-state index is -2.76. The first-order valence-corrected chi connectivity index (χ1v) is 12.2. The summed E-state index contributed by atoms with van der Waals surface area (Å²) in [5, 5.41) is 6.22. The van der Waals surface area contributed by atoms with Gasteiger partial charge in [0.15, 0.2) is 0 Å². The van der Waals surface area contributed by atoms with Crippen molar-refractivity contribution in [3.8, 4) is 0 Å². The van der Waals surface area contributed by atoms with E-state index in [9.17, 15) is 0 Å². The van der Waals surface area contributed by atoms with Crippen LogP contribution < -0.4 is 10.2 Å². The number of hydrogen-bond acceptors (Lipinski definition) is 5. The van der Waals surface area contributed by atoms with Crippen LogP contribution in [-0.2, 0) is 0 Å². The number of nitrogens with zero attached hydrogens (tertiary/aromatic N) is 3. The summed E-state index contributed by atoms with van der Waals surface area (Å²) < 4.78 is 12.3. The van der Waals surface area contributed by atoms with E-state index < -0.39 is 19.3 Å². The number of nitrogens with one attached hydrogen (secondary N) is 2. The molecule has 0 atom stereocenters. The predicted molar refractivity (Wildman–Crippen MR) is 67.5 cm³/mol. The monoisotopic (exact) mass is 333 g/mol. The highest BCUT2D eigenvalue weighted by atomic mass is 35.9. The first-order valence-electron chi connectivity index (χ1n) is 3.53. The molecule has 2 heterocycles. The number of rotatable bonds is 0. The second kappa shape index (κ2) is 3.91. The minimum absolute atomic E-state index is 0.752. The second-order valence-electron chi connectivity index (χ2n) is 2.60. The summed E-state index contributed by atoms with van der Waals surface area (Å²) in [6.45, 7) is 1.50.